The number of amides is 1. The van der Waals surface area contributed by atoms with E-state index < -0.39 is 6.04 Å². The van der Waals surface area contributed by atoms with Crippen LogP contribution in [0, 0.1) is 0 Å². The van der Waals surface area contributed by atoms with Gasteiger partial charge in [-0.15, -0.1) is 0 Å². The van der Waals surface area contributed by atoms with Gasteiger partial charge in [-0.3, -0.25) is 4.79 Å². The number of ether oxygens (including phenoxy) is 1. The molecule has 1 fully saturated rings. The summed E-state index contributed by atoms with van der Waals surface area (Å²) in [6.07, 6.45) is 0.883. The fourth-order valence-corrected chi connectivity index (χ4v) is 2.51. The fraction of sp³-hybridized carbons (Fsp3) is 0.500. The van der Waals surface area contributed by atoms with Gasteiger partial charge in [-0.1, -0.05) is 11.6 Å². The summed E-state index contributed by atoms with van der Waals surface area (Å²) >= 11 is 6.05. The van der Waals surface area contributed by atoms with Gasteiger partial charge in [0.25, 0.3) is 0 Å². The molecule has 0 aliphatic carbocycles. The van der Waals surface area contributed by atoms with E-state index in [1.54, 1.807) is 20.1 Å². The number of carbonyl (C=O) groups excluding carboxylic acids is 1. The molecule has 2 atom stereocenters. The molecule has 1 aromatic rings. The van der Waals surface area contributed by atoms with E-state index in [0.717, 1.165) is 30.9 Å². The van der Waals surface area contributed by atoms with E-state index in [2.05, 4.69) is 10.2 Å². The first-order valence-corrected chi connectivity index (χ1v) is 7.03. The number of hydrogen-bond acceptors (Lipinski definition) is 4. The van der Waals surface area contributed by atoms with Crippen molar-refractivity contribution in [1.29, 1.82) is 0 Å². The molecule has 0 aromatic heterocycles. The molecule has 1 aromatic carbocycles. The van der Waals surface area contributed by atoms with Crippen molar-refractivity contribution in [2.45, 2.75) is 25.4 Å². The highest BCUT2D eigenvalue weighted by atomic mass is 35.5. The van der Waals surface area contributed by atoms with Crippen molar-refractivity contribution in [3.8, 4) is 5.75 Å². The van der Waals surface area contributed by atoms with Crippen LogP contribution in [-0.2, 0) is 4.79 Å². The number of nitrogens with two attached hydrogens (primary N) is 1. The Morgan fingerprint density at radius 3 is 3.00 bits per heavy atom. The lowest BCUT2D eigenvalue weighted by atomic mass is 10.2. The molecule has 1 aliphatic rings. The summed E-state index contributed by atoms with van der Waals surface area (Å²) in [5.41, 5.74) is 6.52. The van der Waals surface area contributed by atoms with E-state index in [9.17, 15) is 4.79 Å². The molecule has 6 heteroatoms. The molecule has 1 aliphatic heterocycles. The molecule has 5 nitrogen and oxygen atoms in total. The molecule has 1 amide bonds. The Kier molecular flexibility index (Phi) is 4.73. The number of anilines is 1. The van der Waals surface area contributed by atoms with Crippen molar-refractivity contribution >= 4 is 23.2 Å². The van der Waals surface area contributed by atoms with Crippen molar-refractivity contribution in [2.24, 2.45) is 5.73 Å². The predicted molar refractivity (Wildman–Crippen MR) is 80.4 cm³/mol. The van der Waals surface area contributed by atoms with Gasteiger partial charge in [0.2, 0.25) is 5.91 Å². The molecule has 0 spiro atoms. The summed E-state index contributed by atoms with van der Waals surface area (Å²) < 4.78 is 5.36. The average molecular weight is 298 g/mol. The van der Waals surface area contributed by atoms with Crippen molar-refractivity contribution in [1.82, 2.24) is 5.32 Å². The number of benzene rings is 1. The van der Waals surface area contributed by atoms with Crippen LogP contribution in [-0.4, -0.2) is 38.2 Å². The van der Waals surface area contributed by atoms with E-state index in [-0.39, 0.29) is 11.9 Å². The minimum absolute atomic E-state index is 0.109. The number of hydrogen-bond donors (Lipinski definition) is 2. The molecule has 0 bridgehead atoms. The Morgan fingerprint density at radius 1 is 1.60 bits per heavy atom. The maximum absolute atomic E-state index is 11.6. The van der Waals surface area contributed by atoms with Crippen LogP contribution in [0.15, 0.2) is 18.2 Å². The van der Waals surface area contributed by atoms with Crippen molar-refractivity contribution in [3.63, 3.8) is 0 Å². The third-order valence-electron chi connectivity index (χ3n) is 3.43. The molecule has 110 valence electrons. The SMILES string of the molecule is COc1ccc(Cl)cc1N1CCC(NC(=O)[C@@H](C)N)C1. The standard InChI is InChI=1S/C14H20ClN3O2/c1-9(16)14(19)17-11-5-6-18(8-11)12-7-10(15)3-4-13(12)20-2/h3-4,7,9,11H,5-6,8,16H2,1-2H3,(H,17,19)/t9-,11?/m1/s1. The molecule has 20 heavy (non-hydrogen) atoms. The van der Waals surface area contributed by atoms with Gasteiger partial charge >= 0.3 is 0 Å². The summed E-state index contributed by atoms with van der Waals surface area (Å²) in [5.74, 6) is 0.670. The van der Waals surface area contributed by atoms with Gasteiger partial charge in [-0.25, -0.2) is 0 Å². The number of nitrogens with zero attached hydrogens (tertiary/aromatic N) is 1. The molecular weight excluding hydrogens is 278 g/mol. The highest BCUT2D eigenvalue weighted by Crippen LogP contribution is 2.33. The van der Waals surface area contributed by atoms with Crippen LogP contribution in [0.3, 0.4) is 0 Å². The maximum Gasteiger partial charge on any atom is 0.236 e. The van der Waals surface area contributed by atoms with Crippen LogP contribution >= 0.6 is 11.6 Å². The highest BCUT2D eigenvalue weighted by molar-refractivity contribution is 6.30. The van der Waals surface area contributed by atoms with Crippen LogP contribution < -0.4 is 20.7 Å². The van der Waals surface area contributed by atoms with Gasteiger partial charge in [-0.2, -0.15) is 0 Å². The molecule has 1 saturated heterocycles. The van der Waals surface area contributed by atoms with E-state index in [1.807, 2.05) is 12.1 Å². The van der Waals surface area contributed by atoms with E-state index in [1.165, 1.54) is 0 Å². The zero-order valence-corrected chi connectivity index (χ0v) is 12.5. The third kappa shape index (κ3) is 3.35. The Hall–Kier alpha value is -1.46. The molecule has 2 rings (SSSR count). The largest absolute Gasteiger partial charge is 0.495 e. The second-order valence-corrected chi connectivity index (χ2v) is 5.48. The van der Waals surface area contributed by atoms with E-state index >= 15 is 0 Å². The summed E-state index contributed by atoms with van der Waals surface area (Å²) in [6, 6.07) is 5.17. The number of methoxy groups -OCH3 is 1. The molecule has 1 heterocycles. The minimum atomic E-state index is -0.482. The quantitative estimate of drug-likeness (QED) is 0.881. The summed E-state index contributed by atoms with van der Waals surface area (Å²) in [6.45, 7) is 3.26. The third-order valence-corrected chi connectivity index (χ3v) is 3.66. The van der Waals surface area contributed by atoms with E-state index in [4.69, 9.17) is 22.1 Å². The van der Waals surface area contributed by atoms with Gasteiger partial charge < -0.3 is 20.7 Å². The Bertz CT molecular complexity index is 493. The van der Waals surface area contributed by atoms with Gasteiger partial charge in [0.15, 0.2) is 0 Å². The fourth-order valence-electron chi connectivity index (χ4n) is 2.34. The maximum atomic E-state index is 11.6. The first-order chi connectivity index (χ1) is 9.51. The molecule has 1 unspecified atom stereocenters. The van der Waals surface area contributed by atoms with Crippen molar-refractivity contribution in [2.75, 3.05) is 25.1 Å². The number of nitrogens with one attached hydrogen (secondary N) is 1. The lowest BCUT2D eigenvalue weighted by Crippen LogP contribution is -2.44. The summed E-state index contributed by atoms with van der Waals surface area (Å²) in [5, 5.41) is 3.62. The van der Waals surface area contributed by atoms with Gasteiger partial charge in [-0.05, 0) is 31.5 Å². The topological polar surface area (TPSA) is 67.6 Å². The van der Waals surface area contributed by atoms with Crippen LogP contribution in [0.2, 0.25) is 5.02 Å². The lowest BCUT2D eigenvalue weighted by Gasteiger charge is -2.22. The Labute approximate surface area is 124 Å². The van der Waals surface area contributed by atoms with Gasteiger partial charge in [0, 0.05) is 24.2 Å². The molecular formula is C14H20ClN3O2. The normalized spacial score (nSPS) is 19.8. The second kappa shape index (κ2) is 6.33. The van der Waals surface area contributed by atoms with Gasteiger partial charge in [0.1, 0.15) is 5.75 Å². The van der Waals surface area contributed by atoms with Crippen LogP contribution in [0.4, 0.5) is 5.69 Å². The summed E-state index contributed by atoms with van der Waals surface area (Å²) in [7, 11) is 1.64. The van der Waals surface area contributed by atoms with Crippen LogP contribution in [0.5, 0.6) is 5.75 Å². The van der Waals surface area contributed by atoms with E-state index in [0.29, 0.717) is 5.02 Å². The Balaban J connectivity index is 2.06. The number of rotatable bonds is 4. The lowest BCUT2D eigenvalue weighted by molar-refractivity contribution is -0.122. The summed E-state index contributed by atoms with van der Waals surface area (Å²) in [4.78, 5) is 13.8. The molecule has 0 saturated carbocycles. The average Bonchev–Trinajstić information content (AvgIpc) is 2.87. The first kappa shape index (κ1) is 14.9. The van der Waals surface area contributed by atoms with Crippen LogP contribution in [0.1, 0.15) is 13.3 Å². The molecule has 0 radical (unpaired) electrons. The predicted octanol–water partition coefficient (Wildman–Crippen LogP) is 1.39. The molecule has 3 N–H and O–H groups in total. The van der Waals surface area contributed by atoms with Gasteiger partial charge in [0.05, 0.1) is 18.8 Å². The number of halogens is 1. The first-order valence-electron chi connectivity index (χ1n) is 6.65. The smallest absolute Gasteiger partial charge is 0.236 e. The zero-order chi connectivity index (χ0) is 14.7. The zero-order valence-electron chi connectivity index (χ0n) is 11.7. The van der Waals surface area contributed by atoms with Crippen molar-refractivity contribution < 1.29 is 9.53 Å². The van der Waals surface area contributed by atoms with Crippen LogP contribution in [0.25, 0.3) is 0 Å². The monoisotopic (exact) mass is 297 g/mol. The minimum Gasteiger partial charge on any atom is -0.495 e. The number of carbonyl (C=O) groups is 1. The van der Waals surface area contributed by atoms with Crippen molar-refractivity contribution in [3.05, 3.63) is 23.2 Å². The highest BCUT2D eigenvalue weighted by Gasteiger charge is 2.26. The Morgan fingerprint density at radius 2 is 2.35 bits per heavy atom. The second-order valence-electron chi connectivity index (χ2n) is 5.05.